The molecule has 0 radical (unpaired) electrons. The smallest absolute Gasteiger partial charge is 0.276 e. The number of hydrogen-bond donors (Lipinski definition) is 1. The second-order valence-electron chi connectivity index (χ2n) is 7.21. The molecule has 2 aromatic rings. The Hall–Kier alpha value is -1.92. The van der Waals surface area contributed by atoms with Gasteiger partial charge >= 0.3 is 0 Å². The van der Waals surface area contributed by atoms with Crippen molar-refractivity contribution >= 4 is 18.3 Å². The van der Waals surface area contributed by atoms with E-state index in [1.165, 1.54) is 5.56 Å². The Bertz CT molecular complexity index is 729. The van der Waals surface area contributed by atoms with Crippen molar-refractivity contribution in [1.82, 2.24) is 25.2 Å². The molecule has 1 amide bonds. The van der Waals surface area contributed by atoms with Crippen LogP contribution in [-0.4, -0.2) is 51.5 Å². The highest BCUT2D eigenvalue weighted by Gasteiger charge is 2.34. The van der Waals surface area contributed by atoms with Gasteiger partial charge in [-0.05, 0) is 44.8 Å². The first-order valence-corrected chi connectivity index (χ1v) is 9.21. The Morgan fingerprint density at radius 3 is 2.65 bits per heavy atom. The number of carbonyl (C=O) groups is 1. The fourth-order valence-corrected chi connectivity index (χ4v) is 4.05. The van der Waals surface area contributed by atoms with E-state index in [4.69, 9.17) is 0 Å². The molecule has 1 aromatic heterocycles. The minimum absolute atomic E-state index is 0. The number of benzene rings is 1. The van der Waals surface area contributed by atoms with Gasteiger partial charge in [-0.15, -0.1) is 17.5 Å². The Kier molecular flexibility index (Phi) is 5.94. The standard InChI is InChI=1S/C19H25N5O.ClH/c1-14-11-16(15-5-3-2-4-6-15)12-23(14)19(25)18-13-24(22-21-18)17-7-9-20-10-8-17;/h2-6,13-14,16-17,20H,7-12H2,1H3;1H. The van der Waals surface area contributed by atoms with Gasteiger partial charge in [0.1, 0.15) is 0 Å². The zero-order valence-corrected chi connectivity index (χ0v) is 15.9. The molecule has 26 heavy (non-hydrogen) atoms. The van der Waals surface area contributed by atoms with E-state index in [9.17, 15) is 4.79 Å². The molecule has 2 atom stereocenters. The number of hydrogen-bond acceptors (Lipinski definition) is 4. The van der Waals surface area contributed by atoms with Crippen LogP contribution in [0.2, 0.25) is 0 Å². The molecule has 0 aliphatic carbocycles. The van der Waals surface area contributed by atoms with Gasteiger partial charge in [-0.2, -0.15) is 0 Å². The van der Waals surface area contributed by atoms with E-state index in [0.717, 1.165) is 38.9 Å². The number of amides is 1. The Morgan fingerprint density at radius 2 is 1.92 bits per heavy atom. The zero-order valence-electron chi connectivity index (χ0n) is 15.0. The van der Waals surface area contributed by atoms with E-state index in [-0.39, 0.29) is 24.4 Å². The van der Waals surface area contributed by atoms with Gasteiger partial charge in [-0.3, -0.25) is 4.79 Å². The number of rotatable bonds is 3. The molecule has 3 heterocycles. The molecule has 2 aliphatic heterocycles. The van der Waals surface area contributed by atoms with Crippen LogP contribution in [0.5, 0.6) is 0 Å². The van der Waals surface area contributed by atoms with E-state index in [1.54, 1.807) is 0 Å². The molecule has 2 saturated heterocycles. The minimum Gasteiger partial charge on any atom is -0.334 e. The number of likely N-dealkylation sites (tertiary alicyclic amines) is 1. The van der Waals surface area contributed by atoms with Crippen LogP contribution in [0, 0.1) is 0 Å². The fourth-order valence-electron chi connectivity index (χ4n) is 4.05. The van der Waals surface area contributed by atoms with Gasteiger partial charge in [0.15, 0.2) is 5.69 Å². The molecule has 0 spiro atoms. The lowest BCUT2D eigenvalue weighted by Crippen LogP contribution is -2.34. The summed E-state index contributed by atoms with van der Waals surface area (Å²) >= 11 is 0. The van der Waals surface area contributed by atoms with E-state index in [0.29, 0.717) is 17.7 Å². The maximum atomic E-state index is 12.9. The molecule has 2 aliphatic rings. The lowest BCUT2D eigenvalue weighted by molar-refractivity contribution is 0.0740. The average molecular weight is 376 g/mol. The van der Waals surface area contributed by atoms with Crippen molar-refractivity contribution in [2.75, 3.05) is 19.6 Å². The first kappa shape index (κ1) is 18.9. The van der Waals surface area contributed by atoms with Gasteiger partial charge in [0.05, 0.1) is 12.2 Å². The van der Waals surface area contributed by atoms with Crippen molar-refractivity contribution in [2.24, 2.45) is 0 Å². The van der Waals surface area contributed by atoms with Crippen LogP contribution in [0.1, 0.15) is 54.2 Å². The summed E-state index contributed by atoms with van der Waals surface area (Å²) in [4.78, 5) is 14.9. The molecule has 0 bridgehead atoms. The third-order valence-corrected chi connectivity index (χ3v) is 5.52. The van der Waals surface area contributed by atoms with Crippen LogP contribution in [0.3, 0.4) is 0 Å². The van der Waals surface area contributed by atoms with Crippen molar-refractivity contribution in [3.05, 3.63) is 47.8 Å². The summed E-state index contributed by atoms with van der Waals surface area (Å²) in [6, 6.07) is 11.0. The van der Waals surface area contributed by atoms with Crippen molar-refractivity contribution < 1.29 is 4.79 Å². The number of carbonyl (C=O) groups excluding carboxylic acids is 1. The van der Waals surface area contributed by atoms with Crippen molar-refractivity contribution in [1.29, 1.82) is 0 Å². The molecule has 140 valence electrons. The average Bonchev–Trinajstić information content (AvgIpc) is 3.30. The van der Waals surface area contributed by atoms with Gasteiger partial charge in [0.2, 0.25) is 0 Å². The summed E-state index contributed by atoms with van der Waals surface area (Å²) in [5, 5.41) is 11.7. The summed E-state index contributed by atoms with van der Waals surface area (Å²) in [6.45, 7) is 4.87. The predicted octanol–water partition coefficient (Wildman–Crippen LogP) is 2.64. The van der Waals surface area contributed by atoms with Gasteiger partial charge in [-0.25, -0.2) is 4.68 Å². The molecule has 4 rings (SSSR count). The summed E-state index contributed by atoms with van der Waals surface area (Å²) in [7, 11) is 0. The third-order valence-electron chi connectivity index (χ3n) is 5.52. The van der Waals surface area contributed by atoms with Crippen LogP contribution in [-0.2, 0) is 0 Å². The highest BCUT2D eigenvalue weighted by molar-refractivity contribution is 5.92. The van der Waals surface area contributed by atoms with Crippen LogP contribution < -0.4 is 5.32 Å². The molecule has 2 unspecified atom stereocenters. The van der Waals surface area contributed by atoms with Gasteiger partial charge < -0.3 is 10.2 Å². The van der Waals surface area contributed by atoms with Crippen LogP contribution >= 0.6 is 12.4 Å². The van der Waals surface area contributed by atoms with Crippen molar-refractivity contribution in [3.8, 4) is 0 Å². The summed E-state index contributed by atoms with van der Waals surface area (Å²) in [5.41, 5.74) is 1.78. The molecule has 1 aromatic carbocycles. The second kappa shape index (κ2) is 8.18. The van der Waals surface area contributed by atoms with E-state index < -0.39 is 0 Å². The first-order valence-electron chi connectivity index (χ1n) is 9.21. The quantitative estimate of drug-likeness (QED) is 0.895. The zero-order chi connectivity index (χ0) is 17.2. The lowest BCUT2D eigenvalue weighted by Gasteiger charge is -2.22. The normalized spacial score (nSPS) is 23.7. The maximum Gasteiger partial charge on any atom is 0.276 e. The van der Waals surface area contributed by atoms with Crippen molar-refractivity contribution in [3.63, 3.8) is 0 Å². The maximum absolute atomic E-state index is 12.9. The molecule has 0 saturated carbocycles. The number of piperidine rings is 1. The highest BCUT2D eigenvalue weighted by Crippen LogP contribution is 2.32. The van der Waals surface area contributed by atoms with Crippen molar-refractivity contribution in [2.45, 2.75) is 44.2 Å². The number of nitrogens with one attached hydrogen (secondary N) is 1. The third kappa shape index (κ3) is 3.76. The molecule has 2 fully saturated rings. The molecule has 1 N–H and O–H groups in total. The van der Waals surface area contributed by atoms with Gasteiger partial charge in [-0.1, -0.05) is 35.5 Å². The number of aromatic nitrogens is 3. The van der Waals surface area contributed by atoms with E-state index >= 15 is 0 Å². The summed E-state index contributed by atoms with van der Waals surface area (Å²) in [5.74, 6) is 0.408. The minimum atomic E-state index is 0. The lowest BCUT2D eigenvalue weighted by atomic mass is 9.97. The Labute approximate surface area is 160 Å². The fraction of sp³-hybridized carbons (Fsp3) is 0.526. The van der Waals surface area contributed by atoms with Crippen LogP contribution in [0.15, 0.2) is 36.5 Å². The first-order chi connectivity index (χ1) is 12.2. The molecular weight excluding hydrogens is 350 g/mol. The molecule has 7 heteroatoms. The number of halogens is 1. The van der Waals surface area contributed by atoms with Crippen LogP contribution in [0.4, 0.5) is 0 Å². The summed E-state index contributed by atoms with van der Waals surface area (Å²) in [6.07, 6.45) is 4.90. The van der Waals surface area contributed by atoms with Crippen LogP contribution in [0.25, 0.3) is 0 Å². The molecular formula is C19H26ClN5O. The highest BCUT2D eigenvalue weighted by atomic mass is 35.5. The number of nitrogens with zero attached hydrogens (tertiary/aromatic N) is 4. The largest absolute Gasteiger partial charge is 0.334 e. The predicted molar refractivity (Wildman–Crippen MR) is 103 cm³/mol. The molecule has 6 nitrogen and oxygen atoms in total. The van der Waals surface area contributed by atoms with Gasteiger partial charge in [0, 0.05) is 18.5 Å². The topological polar surface area (TPSA) is 63.1 Å². The second-order valence-corrected chi connectivity index (χ2v) is 7.21. The van der Waals surface area contributed by atoms with E-state index in [2.05, 4.69) is 46.8 Å². The van der Waals surface area contributed by atoms with Gasteiger partial charge in [0.25, 0.3) is 5.91 Å². The Morgan fingerprint density at radius 1 is 1.19 bits per heavy atom. The van der Waals surface area contributed by atoms with E-state index in [1.807, 2.05) is 21.8 Å². The Balaban J connectivity index is 0.00000196. The summed E-state index contributed by atoms with van der Waals surface area (Å²) < 4.78 is 1.88. The monoisotopic (exact) mass is 375 g/mol. The SMILES string of the molecule is CC1CC(c2ccccc2)CN1C(=O)c1cn(C2CCNCC2)nn1.Cl.